The monoisotopic (exact) mass is 321 g/mol. The van der Waals surface area contributed by atoms with Crippen LogP contribution >= 0.6 is 0 Å². The van der Waals surface area contributed by atoms with Gasteiger partial charge in [-0.25, -0.2) is 4.39 Å². The van der Waals surface area contributed by atoms with Crippen molar-refractivity contribution in [2.45, 2.75) is 44.6 Å². The van der Waals surface area contributed by atoms with Crippen LogP contribution in [0.4, 0.5) is 10.1 Å². The molecule has 0 aromatic heterocycles. The highest BCUT2D eigenvalue weighted by atomic mass is 19.1. The zero-order chi connectivity index (χ0) is 16.9. The lowest BCUT2D eigenvalue weighted by Gasteiger charge is -2.37. The molecule has 1 heterocycles. The van der Waals surface area contributed by atoms with Gasteiger partial charge in [0.15, 0.2) is 0 Å². The number of rotatable bonds is 1. The summed E-state index contributed by atoms with van der Waals surface area (Å²) in [5.41, 5.74) is 4.99. The van der Waals surface area contributed by atoms with Crippen LogP contribution in [0.3, 0.4) is 0 Å². The lowest BCUT2D eigenvalue weighted by Crippen LogP contribution is -2.29. The van der Waals surface area contributed by atoms with Gasteiger partial charge in [0.05, 0.1) is 6.04 Å². The molecule has 0 spiro atoms. The summed E-state index contributed by atoms with van der Waals surface area (Å²) in [4.78, 5) is 0. The molecule has 2 heteroatoms. The van der Waals surface area contributed by atoms with Crippen LogP contribution in [-0.4, -0.2) is 0 Å². The van der Waals surface area contributed by atoms with Gasteiger partial charge in [-0.3, -0.25) is 0 Å². The minimum atomic E-state index is -0.150. The summed E-state index contributed by atoms with van der Waals surface area (Å²) in [5.74, 6) is 0.617. The highest BCUT2D eigenvalue weighted by molar-refractivity contribution is 5.59. The first-order chi connectivity index (χ1) is 11.4. The smallest absolute Gasteiger partial charge is 0.123 e. The Kier molecular flexibility index (Phi) is 3.52. The first kappa shape index (κ1) is 15.4. The van der Waals surface area contributed by atoms with Crippen molar-refractivity contribution >= 4 is 5.69 Å². The Morgan fingerprint density at radius 2 is 1.79 bits per heavy atom. The van der Waals surface area contributed by atoms with Gasteiger partial charge < -0.3 is 5.32 Å². The molecule has 4 rings (SSSR count). The van der Waals surface area contributed by atoms with Crippen molar-refractivity contribution in [3.8, 4) is 0 Å². The van der Waals surface area contributed by atoms with Gasteiger partial charge in [0.25, 0.3) is 0 Å². The quantitative estimate of drug-likeness (QED) is 0.640. The SMILES string of the molecule is CC(C)(C)c1ccc([C@@H]2Nc3ccc(F)cc3[C@@H]3C=CC[C@@H]32)cc1. The number of halogens is 1. The molecule has 1 N–H and O–H groups in total. The van der Waals surface area contributed by atoms with Gasteiger partial charge in [-0.1, -0.05) is 57.2 Å². The zero-order valence-corrected chi connectivity index (χ0v) is 14.5. The van der Waals surface area contributed by atoms with Gasteiger partial charge in [-0.15, -0.1) is 0 Å². The maximum absolute atomic E-state index is 13.7. The van der Waals surface area contributed by atoms with Crippen LogP contribution < -0.4 is 5.32 Å². The molecule has 0 saturated carbocycles. The van der Waals surface area contributed by atoms with Crippen LogP contribution in [0.25, 0.3) is 0 Å². The van der Waals surface area contributed by atoms with Gasteiger partial charge >= 0.3 is 0 Å². The molecule has 0 unspecified atom stereocenters. The lowest BCUT2D eigenvalue weighted by atomic mass is 9.76. The molecular formula is C22H24FN. The molecule has 24 heavy (non-hydrogen) atoms. The van der Waals surface area contributed by atoms with Gasteiger partial charge in [0.2, 0.25) is 0 Å². The van der Waals surface area contributed by atoms with E-state index in [4.69, 9.17) is 0 Å². The standard InChI is InChI=1S/C22H24FN/c1-22(2,3)15-9-7-14(8-10-15)21-18-6-4-5-17(18)19-13-16(23)11-12-20(19)24-21/h4-5,7-13,17-18,21,24H,6H2,1-3H3/t17-,18+,21+/m1/s1. The summed E-state index contributed by atoms with van der Waals surface area (Å²) in [7, 11) is 0. The van der Waals surface area contributed by atoms with Crippen LogP contribution in [-0.2, 0) is 5.41 Å². The fraction of sp³-hybridized carbons (Fsp3) is 0.364. The normalized spacial score (nSPS) is 25.1. The van der Waals surface area contributed by atoms with Gasteiger partial charge in [-0.2, -0.15) is 0 Å². The van der Waals surface area contributed by atoms with E-state index in [1.54, 1.807) is 12.1 Å². The highest BCUT2D eigenvalue weighted by Crippen LogP contribution is 2.49. The predicted octanol–water partition coefficient (Wildman–Crippen LogP) is 5.95. The third kappa shape index (κ3) is 2.54. The van der Waals surface area contributed by atoms with Crippen molar-refractivity contribution in [2.24, 2.45) is 5.92 Å². The number of nitrogens with one attached hydrogen (secondary N) is 1. The first-order valence-electron chi connectivity index (χ1n) is 8.76. The van der Waals surface area contributed by atoms with E-state index in [0.717, 1.165) is 17.7 Å². The Bertz CT molecular complexity index is 783. The molecule has 1 aliphatic carbocycles. The highest BCUT2D eigenvalue weighted by Gasteiger charge is 2.38. The zero-order valence-electron chi connectivity index (χ0n) is 14.5. The fourth-order valence-electron chi connectivity index (χ4n) is 4.09. The molecule has 3 atom stereocenters. The second-order valence-electron chi connectivity index (χ2n) is 8.08. The van der Waals surface area contributed by atoms with E-state index in [0.29, 0.717) is 11.8 Å². The molecular weight excluding hydrogens is 297 g/mol. The van der Waals surface area contributed by atoms with E-state index < -0.39 is 0 Å². The minimum Gasteiger partial charge on any atom is -0.378 e. The van der Waals surface area contributed by atoms with E-state index in [2.05, 4.69) is 62.5 Å². The van der Waals surface area contributed by atoms with Crippen molar-refractivity contribution in [3.63, 3.8) is 0 Å². The minimum absolute atomic E-state index is 0.150. The van der Waals surface area contributed by atoms with Gasteiger partial charge in [-0.05, 0) is 52.6 Å². The number of benzene rings is 2. The van der Waals surface area contributed by atoms with E-state index in [9.17, 15) is 4.39 Å². The summed E-state index contributed by atoms with van der Waals surface area (Å²) >= 11 is 0. The molecule has 124 valence electrons. The third-order valence-corrected chi connectivity index (χ3v) is 5.46. The molecule has 2 aliphatic rings. The molecule has 0 fully saturated rings. The Balaban J connectivity index is 1.71. The van der Waals surface area contributed by atoms with Crippen LogP contribution in [0.1, 0.15) is 55.8 Å². The van der Waals surface area contributed by atoms with Gasteiger partial charge in [0.1, 0.15) is 5.82 Å². The van der Waals surface area contributed by atoms with E-state index in [1.165, 1.54) is 11.1 Å². The van der Waals surface area contributed by atoms with E-state index >= 15 is 0 Å². The van der Waals surface area contributed by atoms with Crippen molar-refractivity contribution < 1.29 is 4.39 Å². The predicted molar refractivity (Wildman–Crippen MR) is 97.9 cm³/mol. The number of anilines is 1. The van der Waals surface area contributed by atoms with Crippen LogP contribution in [0, 0.1) is 11.7 Å². The summed E-state index contributed by atoms with van der Waals surface area (Å²) < 4.78 is 13.7. The summed E-state index contributed by atoms with van der Waals surface area (Å²) in [6.45, 7) is 6.72. The Labute approximate surface area is 143 Å². The maximum Gasteiger partial charge on any atom is 0.123 e. The third-order valence-electron chi connectivity index (χ3n) is 5.46. The Morgan fingerprint density at radius 1 is 1.04 bits per heavy atom. The second-order valence-corrected chi connectivity index (χ2v) is 8.08. The Hall–Kier alpha value is -2.09. The van der Waals surface area contributed by atoms with Crippen molar-refractivity contribution in [2.75, 3.05) is 5.32 Å². The van der Waals surface area contributed by atoms with Crippen molar-refractivity contribution in [1.29, 1.82) is 0 Å². The lowest BCUT2D eigenvalue weighted by molar-refractivity contribution is 0.424. The average Bonchev–Trinajstić information content (AvgIpc) is 3.03. The summed E-state index contributed by atoms with van der Waals surface area (Å²) in [6, 6.07) is 14.4. The molecule has 0 radical (unpaired) electrons. The molecule has 2 aromatic carbocycles. The largest absolute Gasteiger partial charge is 0.378 e. The number of allylic oxidation sites excluding steroid dienone is 2. The second kappa shape index (κ2) is 5.47. The molecule has 1 nitrogen and oxygen atoms in total. The number of fused-ring (bicyclic) bond motifs is 3. The molecule has 0 saturated heterocycles. The van der Waals surface area contributed by atoms with E-state index in [1.807, 2.05) is 6.07 Å². The van der Waals surface area contributed by atoms with Crippen molar-refractivity contribution in [1.82, 2.24) is 0 Å². The number of hydrogen-bond acceptors (Lipinski definition) is 1. The Morgan fingerprint density at radius 3 is 2.50 bits per heavy atom. The topological polar surface area (TPSA) is 12.0 Å². The van der Waals surface area contributed by atoms with Crippen LogP contribution in [0.2, 0.25) is 0 Å². The van der Waals surface area contributed by atoms with Gasteiger partial charge in [0, 0.05) is 11.6 Å². The molecule has 0 amide bonds. The maximum atomic E-state index is 13.7. The van der Waals surface area contributed by atoms with E-state index in [-0.39, 0.29) is 17.3 Å². The number of hydrogen-bond donors (Lipinski definition) is 1. The van der Waals surface area contributed by atoms with Crippen LogP contribution in [0.15, 0.2) is 54.6 Å². The molecule has 1 aliphatic heterocycles. The molecule has 0 bridgehead atoms. The average molecular weight is 321 g/mol. The van der Waals surface area contributed by atoms with Crippen LogP contribution in [0.5, 0.6) is 0 Å². The molecule has 2 aromatic rings. The van der Waals surface area contributed by atoms with Crippen molar-refractivity contribution in [3.05, 3.63) is 77.1 Å². The fourth-order valence-corrected chi connectivity index (χ4v) is 4.09. The summed E-state index contributed by atoms with van der Waals surface area (Å²) in [5, 5.41) is 3.66. The first-order valence-corrected chi connectivity index (χ1v) is 8.76. The summed E-state index contributed by atoms with van der Waals surface area (Å²) in [6.07, 6.45) is 5.53.